The third kappa shape index (κ3) is 4.74. The number of benzene rings is 1. The third-order valence-corrected chi connectivity index (χ3v) is 1.35. The summed E-state index contributed by atoms with van der Waals surface area (Å²) in [6.45, 7) is 0. The predicted molar refractivity (Wildman–Crippen MR) is 45.8 cm³/mol. The van der Waals surface area contributed by atoms with E-state index in [9.17, 15) is 8.42 Å². The van der Waals surface area contributed by atoms with Gasteiger partial charge in [0.15, 0.2) is 0 Å². The van der Waals surface area contributed by atoms with Crippen molar-refractivity contribution in [3.8, 4) is 5.75 Å². The Morgan fingerprint density at radius 2 is 1.67 bits per heavy atom. The monoisotopic (exact) mass is 198 g/mol. The second-order valence-electron chi connectivity index (χ2n) is 1.82. The zero-order valence-electron chi connectivity index (χ0n) is 5.47. The fourth-order valence-corrected chi connectivity index (χ4v) is 0.952. The first-order valence-corrected chi connectivity index (χ1v) is 4.16. The van der Waals surface area contributed by atoms with Gasteiger partial charge in [0.1, 0.15) is 5.75 Å². The number of para-hydroxylation sites is 1. The van der Waals surface area contributed by atoms with Gasteiger partial charge in [-0.2, -0.15) is 8.42 Å². The van der Waals surface area contributed by atoms with Gasteiger partial charge in [-0.15, -0.1) is 0 Å². The molecule has 0 aliphatic rings. The van der Waals surface area contributed by atoms with Crippen LogP contribution in [0.5, 0.6) is 5.75 Å². The molecule has 0 heterocycles. The van der Waals surface area contributed by atoms with E-state index in [1.54, 1.807) is 18.2 Å². The van der Waals surface area contributed by atoms with E-state index in [1.807, 2.05) is 0 Å². The van der Waals surface area contributed by atoms with E-state index in [4.69, 9.17) is 4.55 Å². The zero-order valence-corrected chi connectivity index (χ0v) is 6.28. The van der Waals surface area contributed by atoms with Gasteiger partial charge in [0, 0.05) is 0 Å². The van der Waals surface area contributed by atoms with Crippen LogP contribution in [0.15, 0.2) is 30.3 Å². The van der Waals surface area contributed by atoms with Crippen molar-refractivity contribution in [2.75, 3.05) is 0 Å². The Labute approximate surface area is 92.8 Å². The van der Waals surface area contributed by atoms with E-state index < -0.39 is 10.4 Å². The van der Waals surface area contributed by atoms with Crippen molar-refractivity contribution in [3.05, 3.63) is 30.3 Å². The second-order valence-corrected chi connectivity index (χ2v) is 2.85. The number of hydrogen-bond donors (Lipinski definition) is 1. The molecule has 0 unspecified atom stereocenters. The average molecular weight is 198 g/mol. The maximum absolute atomic E-state index is 10.1. The van der Waals surface area contributed by atoms with Crippen molar-refractivity contribution in [2.45, 2.75) is 0 Å². The zero-order chi connectivity index (χ0) is 8.32. The molecule has 1 aromatic carbocycles. The van der Waals surface area contributed by atoms with E-state index in [0.29, 0.717) is 0 Å². The summed E-state index contributed by atoms with van der Waals surface area (Å²) in [7, 11) is -4.38. The first-order valence-electron chi connectivity index (χ1n) is 2.80. The maximum atomic E-state index is 10.1. The minimum atomic E-state index is -4.38. The third-order valence-electron chi connectivity index (χ3n) is 0.945. The molecule has 0 spiro atoms. The summed E-state index contributed by atoms with van der Waals surface area (Å²) in [5, 5.41) is 0. The molecule has 0 aromatic heterocycles. The van der Waals surface area contributed by atoms with Crippen molar-refractivity contribution in [1.29, 1.82) is 0 Å². The molecule has 1 rings (SSSR count). The van der Waals surface area contributed by atoms with Crippen LogP contribution in [0.25, 0.3) is 0 Å². The Morgan fingerprint density at radius 3 is 2.08 bits per heavy atom. The van der Waals surface area contributed by atoms with Crippen molar-refractivity contribution in [3.63, 3.8) is 0 Å². The molecule has 0 saturated heterocycles. The van der Waals surface area contributed by atoms with Crippen LogP contribution in [-0.2, 0) is 10.4 Å². The van der Waals surface area contributed by atoms with Gasteiger partial charge >= 0.3 is 40.0 Å². The van der Waals surface area contributed by atoms with Crippen molar-refractivity contribution >= 4 is 40.0 Å². The van der Waals surface area contributed by atoms with Gasteiger partial charge in [-0.05, 0) is 12.1 Å². The van der Waals surface area contributed by atoms with Crippen molar-refractivity contribution < 1.29 is 17.2 Å². The fourth-order valence-electron chi connectivity index (χ4n) is 0.598. The Hall–Kier alpha value is -0.0700. The molecule has 12 heavy (non-hydrogen) atoms. The molecule has 1 aromatic rings. The standard InChI is InChI=1S/C6H6O4S.Na.H/c7-11(8,9)10-6-4-2-1-3-5-6;;/h1-5H,(H,7,8,9);;. The van der Waals surface area contributed by atoms with Gasteiger partial charge in [-0.25, -0.2) is 0 Å². The van der Waals surface area contributed by atoms with Gasteiger partial charge in [0.25, 0.3) is 0 Å². The van der Waals surface area contributed by atoms with Crippen LogP contribution in [0, 0.1) is 0 Å². The molecule has 0 radical (unpaired) electrons. The molecule has 0 fully saturated rings. The molecular formula is C6H7NaO4S. The summed E-state index contributed by atoms with van der Waals surface area (Å²) in [6.07, 6.45) is 0. The van der Waals surface area contributed by atoms with Crippen molar-refractivity contribution in [2.24, 2.45) is 0 Å². The van der Waals surface area contributed by atoms with Crippen LogP contribution in [0.1, 0.15) is 0 Å². The molecule has 0 amide bonds. The molecule has 1 N–H and O–H groups in total. The van der Waals surface area contributed by atoms with Gasteiger partial charge in [0.05, 0.1) is 0 Å². The fraction of sp³-hybridized carbons (Fsp3) is 0. The van der Waals surface area contributed by atoms with Gasteiger partial charge < -0.3 is 4.18 Å². The Morgan fingerprint density at radius 1 is 1.17 bits per heavy atom. The summed E-state index contributed by atoms with van der Waals surface area (Å²) in [4.78, 5) is 0. The minimum absolute atomic E-state index is 0. The molecule has 4 nitrogen and oxygen atoms in total. The van der Waals surface area contributed by atoms with E-state index in [0.717, 1.165) is 0 Å². The summed E-state index contributed by atoms with van der Waals surface area (Å²) >= 11 is 0. The second kappa shape index (κ2) is 4.84. The van der Waals surface area contributed by atoms with Crippen molar-refractivity contribution in [1.82, 2.24) is 0 Å². The topological polar surface area (TPSA) is 63.6 Å². The van der Waals surface area contributed by atoms with Crippen LogP contribution >= 0.6 is 0 Å². The van der Waals surface area contributed by atoms with Gasteiger partial charge in [0.2, 0.25) is 0 Å². The summed E-state index contributed by atoms with van der Waals surface area (Å²) in [6, 6.07) is 7.75. The van der Waals surface area contributed by atoms with E-state index in [-0.39, 0.29) is 35.3 Å². The van der Waals surface area contributed by atoms with Crippen LogP contribution < -0.4 is 4.18 Å². The van der Waals surface area contributed by atoms with Crippen LogP contribution in [-0.4, -0.2) is 42.5 Å². The predicted octanol–water partition coefficient (Wildman–Crippen LogP) is 0.220. The van der Waals surface area contributed by atoms with E-state index in [2.05, 4.69) is 4.18 Å². The summed E-state index contributed by atoms with van der Waals surface area (Å²) in [5.74, 6) is 0.0926. The van der Waals surface area contributed by atoms with Crippen LogP contribution in [0.3, 0.4) is 0 Å². The first-order chi connectivity index (χ1) is 5.08. The Bertz CT molecular complexity index is 321. The SMILES string of the molecule is O=S(=O)(O)Oc1ccccc1.[NaH]. The Kier molecular flexibility index (Phi) is 4.81. The molecule has 0 atom stereocenters. The quantitative estimate of drug-likeness (QED) is 0.545. The molecule has 0 aliphatic heterocycles. The summed E-state index contributed by atoms with van der Waals surface area (Å²) < 4.78 is 32.6. The first kappa shape index (κ1) is 11.9. The Balaban J connectivity index is 0.00000121. The summed E-state index contributed by atoms with van der Waals surface area (Å²) in [5.41, 5.74) is 0. The molecule has 62 valence electrons. The van der Waals surface area contributed by atoms with Gasteiger partial charge in [-0.1, -0.05) is 18.2 Å². The van der Waals surface area contributed by atoms with Crippen LogP contribution in [0.2, 0.25) is 0 Å². The van der Waals surface area contributed by atoms with Gasteiger partial charge in [-0.3, -0.25) is 4.55 Å². The number of hydrogen-bond acceptors (Lipinski definition) is 3. The molecule has 6 heteroatoms. The molecule has 0 aliphatic carbocycles. The number of rotatable bonds is 2. The molecule has 0 saturated carbocycles. The average Bonchev–Trinajstić information content (AvgIpc) is 1.85. The molecule has 0 bridgehead atoms. The van der Waals surface area contributed by atoms with Crippen LogP contribution in [0.4, 0.5) is 0 Å². The molecular weight excluding hydrogens is 191 g/mol. The van der Waals surface area contributed by atoms with E-state index in [1.165, 1.54) is 12.1 Å². The van der Waals surface area contributed by atoms with E-state index >= 15 is 0 Å². The normalized spacial score (nSPS) is 10.1.